The number of piperidine rings is 1. The van der Waals surface area contributed by atoms with Crippen molar-refractivity contribution in [3.8, 4) is 11.5 Å². The fraction of sp³-hybridized carbons (Fsp3) is 0.542. The maximum atomic E-state index is 12.8. The first-order valence-electron chi connectivity index (χ1n) is 11.6. The number of hydrogen-bond donors (Lipinski definition) is 5. The van der Waals surface area contributed by atoms with Crippen LogP contribution in [-0.2, 0) is 31.0 Å². The van der Waals surface area contributed by atoms with Gasteiger partial charge in [0.2, 0.25) is 5.91 Å². The molecule has 5 rings (SSSR count). The molecule has 1 aromatic carbocycles. The third-order valence-corrected chi connectivity index (χ3v) is 7.95. The number of aromatic hydroxyl groups is 1. The number of nitrogens with zero attached hydrogens (tertiary/aromatic N) is 1. The number of carboxylic acids is 1. The number of rotatable bonds is 6. The third-order valence-electron chi connectivity index (χ3n) is 7.95. The number of phenolic OH excluding ortho intramolecular Hbond substituents is 1. The second-order valence-corrected chi connectivity index (χ2v) is 9.86. The van der Waals surface area contributed by atoms with E-state index in [0.717, 1.165) is 11.1 Å². The van der Waals surface area contributed by atoms with Crippen molar-refractivity contribution < 1.29 is 44.3 Å². The zero-order valence-electron chi connectivity index (χ0n) is 19.4. The Morgan fingerprint density at radius 2 is 2.09 bits per heavy atom. The molecule has 1 aromatic rings. The molecule has 2 heterocycles. The van der Waals surface area contributed by atoms with Crippen LogP contribution in [0.15, 0.2) is 24.0 Å². The highest BCUT2D eigenvalue weighted by Crippen LogP contribution is 2.65. The van der Waals surface area contributed by atoms with Crippen LogP contribution in [0.25, 0.3) is 0 Å². The lowest BCUT2D eigenvalue weighted by molar-refractivity contribution is -0.169. The topological polar surface area (TPSA) is 166 Å². The van der Waals surface area contributed by atoms with Crippen molar-refractivity contribution in [2.45, 2.75) is 67.9 Å². The third kappa shape index (κ3) is 3.25. The van der Waals surface area contributed by atoms with Crippen LogP contribution in [0.1, 0.15) is 37.3 Å². The van der Waals surface area contributed by atoms with Gasteiger partial charge in [0.1, 0.15) is 17.9 Å². The van der Waals surface area contributed by atoms with Gasteiger partial charge in [0, 0.05) is 18.0 Å². The van der Waals surface area contributed by atoms with E-state index in [0.29, 0.717) is 19.4 Å². The number of likely N-dealkylation sites (tertiary alicyclic amines) is 1. The number of aliphatic hydroxyl groups is 2. The van der Waals surface area contributed by atoms with E-state index in [1.54, 1.807) is 12.1 Å². The number of amides is 1. The molecule has 0 aromatic heterocycles. The highest BCUT2D eigenvalue weighted by atomic mass is 16.6. The lowest BCUT2D eigenvalue weighted by Gasteiger charge is -2.61. The minimum Gasteiger partial charge on any atom is -0.504 e. The van der Waals surface area contributed by atoms with Gasteiger partial charge < -0.3 is 40.1 Å². The molecule has 2 aliphatic carbocycles. The van der Waals surface area contributed by atoms with Gasteiger partial charge in [0.15, 0.2) is 17.6 Å². The molecule has 1 fully saturated rings. The molecule has 188 valence electrons. The fourth-order valence-corrected chi connectivity index (χ4v) is 6.27. The summed E-state index contributed by atoms with van der Waals surface area (Å²) < 4.78 is 11.8. The van der Waals surface area contributed by atoms with Gasteiger partial charge in [0.25, 0.3) is 0 Å². The first-order valence-corrected chi connectivity index (χ1v) is 11.6. The summed E-state index contributed by atoms with van der Waals surface area (Å²) in [4.78, 5) is 38.1. The smallest absolute Gasteiger partial charge is 0.326 e. The van der Waals surface area contributed by atoms with Crippen molar-refractivity contribution in [2.75, 3.05) is 13.6 Å². The molecule has 0 unspecified atom stereocenters. The van der Waals surface area contributed by atoms with Gasteiger partial charge in [0.05, 0.1) is 17.4 Å². The normalized spacial score (nSPS) is 31.9. The molecular weight excluding hydrogens is 460 g/mol. The van der Waals surface area contributed by atoms with Crippen molar-refractivity contribution in [3.63, 3.8) is 0 Å². The minimum absolute atomic E-state index is 0.0651. The lowest BCUT2D eigenvalue weighted by Crippen LogP contribution is -2.74. The minimum atomic E-state index is -1.59. The summed E-state index contributed by atoms with van der Waals surface area (Å²) >= 11 is 0. The van der Waals surface area contributed by atoms with Crippen molar-refractivity contribution >= 4 is 17.8 Å². The zero-order chi connectivity index (χ0) is 25.3. The molecule has 1 spiro atoms. The number of likely N-dealkylation sites (N-methyl/N-ethyl adjacent to an activating group) is 1. The summed E-state index contributed by atoms with van der Waals surface area (Å²) in [5.41, 5.74) is -0.464. The Bertz CT molecular complexity index is 1150. The predicted molar refractivity (Wildman–Crippen MR) is 119 cm³/mol. The summed E-state index contributed by atoms with van der Waals surface area (Å²) in [5, 5.41) is 43.4. The second kappa shape index (κ2) is 7.94. The Morgan fingerprint density at radius 1 is 1.34 bits per heavy atom. The number of aliphatic carboxylic acids is 1. The van der Waals surface area contributed by atoms with Gasteiger partial charge in [-0.3, -0.25) is 9.59 Å². The van der Waals surface area contributed by atoms with Crippen molar-refractivity contribution in [1.82, 2.24) is 10.2 Å². The lowest BCUT2D eigenvalue weighted by atomic mass is 9.50. The van der Waals surface area contributed by atoms with Crippen LogP contribution in [0, 0.1) is 0 Å². The number of ether oxygens (including phenoxy) is 2. The highest BCUT2D eigenvalue weighted by molar-refractivity contribution is 5.88. The Hall–Kier alpha value is -3.15. The van der Waals surface area contributed by atoms with Gasteiger partial charge in [-0.15, -0.1) is 0 Å². The number of nitrogens with one attached hydrogen (secondary N) is 1. The number of carboxylic acid groups (broad SMARTS) is 1. The average Bonchev–Trinajstić information content (AvgIpc) is 3.15. The number of esters is 1. The largest absolute Gasteiger partial charge is 0.504 e. The number of phenols is 1. The molecule has 5 N–H and O–H groups in total. The van der Waals surface area contributed by atoms with Crippen LogP contribution < -0.4 is 10.1 Å². The molecule has 11 heteroatoms. The van der Waals surface area contributed by atoms with Gasteiger partial charge in [-0.2, -0.15) is 0 Å². The van der Waals surface area contributed by atoms with E-state index in [2.05, 4.69) is 10.2 Å². The van der Waals surface area contributed by atoms with E-state index in [1.807, 2.05) is 13.1 Å². The van der Waals surface area contributed by atoms with Crippen LogP contribution in [0.3, 0.4) is 0 Å². The standard InChI is InChI=1S/C24H28N2O9/c1-11(27)21(30)25-13(22(31)32)10-17(29)34-15-5-6-24(33)16-9-12-3-4-14(28)19-18(12)23(24,20(15)35-19)7-8-26(16)2/h3-5,11,13,16,20,27-28,33H,6-10H2,1-2H3,(H,25,30)(H,31,32)/t11-,13-,16+,20-,23-,24+/m0/s1. The van der Waals surface area contributed by atoms with E-state index < -0.39 is 53.5 Å². The zero-order valence-corrected chi connectivity index (χ0v) is 19.4. The molecule has 0 saturated carbocycles. The number of carbonyl (C=O) groups is 3. The molecule has 11 nitrogen and oxygen atoms in total. The summed E-state index contributed by atoms with van der Waals surface area (Å²) in [5.74, 6) is -2.96. The van der Waals surface area contributed by atoms with E-state index in [4.69, 9.17) is 9.47 Å². The number of carbonyl (C=O) groups excluding carboxylic acids is 2. The Morgan fingerprint density at radius 3 is 2.77 bits per heavy atom. The average molecular weight is 488 g/mol. The van der Waals surface area contributed by atoms with E-state index in [1.165, 1.54) is 6.92 Å². The van der Waals surface area contributed by atoms with Gasteiger partial charge in [-0.05, 0) is 51.1 Å². The van der Waals surface area contributed by atoms with Crippen LogP contribution in [0.2, 0.25) is 0 Å². The molecule has 35 heavy (non-hydrogen) atoms. The molecule has 0 radical (unpaired) electrons. The van der Waals surface area contributed by atoms with E-state index in [9.17, 15) is 34.8 Å². The Kier molecular flexibility index (Phi) is 5.35. The summed E-state index contributed by atoms with van der Waals surface area (Å²) in [6.07, 6.45) is -0.156. The molecule has 6 atom stereocenters. The summed E-state index contributed by atoms with van der Waals surface area (Å²) in [7, 11) is 1.96. The molecule has 4 aliphatic rings. The molecule has 1 saturated heterocycles. The molecular formula is C24H28N2O9. The van der Waals surface area contributed by atoms with E-state index in [-0.39, 0.29) is 29.7 Å². The maximum Gasteiger partial charge on any atom is 0.326 e. The Labute approximate surface area is 200 Å². The van der Waals surface area contributed by atoms with Crippen molar-refractivity contribution in [3.05, 3.63) is 35.1 Å². The first kappa shape index (κ1) is 23.6. The predicted octanol–water partition coefficient (Wildman–Crippen LogP) is -0.447. The second-order valence-electron chi connectivity index (χ2n) is 9.86. The highest BCUT2D eigenvalue weighted by Gasteiger charge is 2.72. The monoisotopic (exact) mass is 488 g/mol. The quantitative estimate of drug-likeness (QED) is 0.331. The maximum absolute atomic E-state index is 12.8. The molecule has 2 aliphatic heterocycles. The van der Waals surface area contributed by atoms with Crippen LogP contribution in [-0.4, -0.2) is 86.7 Å². The summed E-state index contributed by atoms with van der Waals surface area (Å²) in [6.45, 7) is 1.84. The first-order chi connectivity index (χ1) is 16.5. The van der Waals surface area contributed by atoms with Crippen LogP contribution in [0.4, 0.5) is 0 Å². The van der Waals surface area contributed by atoms with E-state index >= 15 is 0 Å². The summed E-state index contributed by atoms with van der Waals surface area (Å²) in [6, 6.07) is 1.59. The van der Waals surface area contributed by atoms with Crippen molar-refractivity contribution in [1.29, 1.82) is 0 Å². The van der Waals surface area contributed by atoms with Crippen molar-refractivity contribution in [2.24, 2.45) is 0 Å². The fourth-order valence-electron chi connectivity index (χ4n) is 6.27. The van der Waals surface area contributed by atoms with Gasteiger partial charge in [-0.25, -0.2) is 4.79 Å². The number of benzene rings is 1. The van der Waals surface area contributed by atoms with Gasteiger partial charge in [-0.1, -0.05) is 6.07 Å². The number of aliphatic hydroxyl groups excluding tert-OH is 1. The molecule has 2 bridgehead atoms. The molecule has 1 amide bonds. The van der Waals surface area contributed by atoms with Gasteiger partial charge >= 0.3 is 11.9 Å². The number of hydrogen-bond acceptors (Lipinski definition) is 9. The Balaban J connectivity index is 1.46. The van der Waals surface area contributed by atoms with Crippen LogP contribution >= 0.6 is 0 Å². The SMILES string of the molecule is C[C@H](O)C(=O)N[C@@H](CC(=O)OC1=CC[C@@]2(O)[C@H]3Cc4ccc(O)c5c4[C@@]2(CCN3C)[C@H]1O5)C(=O)O. The van der Waals surface area contributed by atoms with Crippen LogP contribution in [0.5, 0.6) is 11.5 Å².